The van der Waals surface area contributed by atoms with Crippen LogP contribution in [-0.2, 0) is 44.3 Å². The molecule has 4 rings (SSSR count). The number of hydrogen-bond donors (Lipinski definition) is 2. The fourth-order valence-corrected chi connectivity index (χ4v) is 8.67. The molecule has 0 bridgehead atoms. The van der Waals surface area contributed by atoms with Crippen LogP contribution in [0, 0.1) is 43.9 Å². The molecule has 16 nitrogen and oxygen atoms in total. The summed E-state index contributed by atoms with van der Waals surface area (Å²) in [6, 6.07) is -2.11. The first-order chi connectivity index (χ1) is 21.6. The second kappa shape index (κ2) is 17.0. The number of esters is 1. The summed E-state index contributed by atoms with van der Waals surface area (Å²) >= 11 is -1.54. The highest BCUT2D eigenvalue weighted by Gasteiger charge is 2.49. The molecule has 0 aromatic rings. The van der Waals surface area contributed by atoms with E-state index in [1.807, 2.05) is 0 Å². The Hall–Kier alpha value is -2.31. The maximum atomic E-state index is 13.0. The van der Waals surface area contributed by atoms with Crippen molar-refractivity contribution in [3.05, 3.63) is 20.2 Å². The first-order valence-electron chi connectivity index (χ1n) is 15.9. The zero-order valence-corrected chi connectivity index (χ0v) is 26.0. The van der Waals surface area contributed by atoms with Crippen LogP contribution in [0.1, 0.15) is 89.9 Å². The maximum absolute atomic E-state index is 13.0. The molecule has 0 spiro atoms. The van der Waals surface area contributed by atoms with Crippen LogP contribution in [0.25, 0.3) is 0 Å². The fourth-order valence-electron chi connectivity index (χ4n) is 7.40. The van der Waals surface area contributed by atoms with Crippen molar-refractivity contribution < 1.29 is 57.6 Å². The summed E-state index contributed by atoms with van der Waals surface area (Å²) in [5.41, 5.74) is 0. The van der Waals surface area contributed by atoms with E-state index in [0.29, 0.717) is 77.0 Å². The summed E-state index contributed by atoms with van der Waals surface area (Å²) in [5, 5.41) is 41.0. The van der Waals surface area contributed by atoms with Crippen molar-refractivity contribution in [1.29, 1.82) is 0 Å². The molecule has 0 aliphatic heterocycles. The highest BCUT2D eigenvalue weighted by Crippen LogP contribution is 2.36. The van der Waals surface area contributed by atoms with Crippen LogP contribution < -0.4 is 0 Å². The van der Waals surface area contributed by atoms with Crippen LogP contribution >= 0.6 is 0 Å². The van der Waals surface area contributed by atoms with Crippen LogP contribution in [0.2, 0.25) is 0 Å². The molecule has 4 aliphatic rings. The van der Waals surface area contributed by atoms with E-state index in [4.69, 9.17) is 24.0 Å². The Morgan fingerprint density at radius 1 is 0.778 bits per heavy atom. The summed E-state index contributed by atoms with van der Waals surface area (Å²) in [4.78, 5) is 61.7. The molecule has 45 heavy (non-hydrogen) atoms. The van der Waals surface area contributed by atoms with E-state index in [9.17, 15) is 39.1 Å². The zero-order valence-electron chi connectivity index (χ0n) is 25.2. The van der Waals surface area contributed by atoms with Gasteiger partial charge < -0.3 is 9.84 Å². The van der Waals surface area contributed by atoms with Gasteiger partial charge in [0.05, 0.1) is 42.5 Å². The molecule has 0 aromatic carbocycles. The van der Waals surface area contributed by atoms with Crippen molar-refractivity contribution in [2.24, 2.45) is 23.7 Å². The topological polar surface area (TPSA) is 224 Å². The van der Waals surface area contributed by atoms with Gasteiger partial charge in [0.1, 0.15) is 12.0 Å². The van der Waals surface area contributed by atoms with Crippen molar-refractivity contribution >= 4 is 23.0 Å². The number of aliphatic carboxylic acids is 1. The van der Waals surface area contributed by atoms with Gasteiger partial charge in [0.25, 0.3) is 0 Å². The number of carboxylic acids is 1. The van der Waals surface area contributed by atoms with Crippen molar-refractivity contribution in [2.45, 2.75) is 126 Å². The monoisotopic (exact) mass is 664 g/mol. The van der Waals surface area contributed by atoms with Crippen molar-refractivity contribution in [2.75, 3.05) is 13.2 Å². The van der Waals surface area contributed by atoms with E-state index >= 15 is 0 Å². The summed E-state index contributed by atoms with van der Waals surface area (Å²) < 4.78 is 24.4. The second-order valence-electron chi connectivity index (χ2n) is 12.7. The Morgan fingerprint density at radius 3 is 2.00 bits per heavy atom. The third-order valence-electron chi connectivity index (χ3n) is 9.95. The lowest BCUT2D eigenvalue weighted by atomic mass is 9.76. The molecule has 0 radical (unpaired) electrons. The van der Waals surface area contributed by atoms with Crippen LogP contribution in [0.5, 0.6) is 0 Å². The minimum Gasteiger partial charge on any atom is -0.481 e. The summed E-state index contributed by atoms with van der Waals surface area (Å²) in [7, 11) is 0. The quantitative estimate of drug-likeness (QED) is 0.117. The van der Waals surface area contributed by atoms with Gasteiger partial charge >= 0.3 is 11.9 Å². The lowest BCUT2D eigenvalue weighted by Gasteiger charge is -2.33. The van der Waals surface area contributed by atoms with Gasteiger partial charge in [0.2, 0.25) is 12.1 Å². The summed E-state index contributed by atoms with van der Waals surface area (Å²) in [6.45, 7) is 0.0309. The number of hydrogen-bond acceptors (Lipinski definition) is 13. The molecule has 4 aliphatic carbocycles. The third kappa shape index (κ3) is 9.60. The molecule has 17 heteroatoms. The molecule has 4 saturated carbocycles. The number of carboxylic acid groups (broad SMARTS) is 1. The van der Waals surface area contributed by atoms with Gasteiger partial charge in [0, 0.05) is 22.7 Å². The standard InChI is InChI=1S/C28H44N2O14S/c31-27(32)26-22(4-2-6-25(26)30(36)37)28(33)42-18-11-13-21(14-12-18)45(39)44-20-9-7-19(8-10-20)43-41-15-17-3-1-5-24(29(34)35)23(17)16-40-38/h17-26,38H,1-16H2,(H,31,32). The van der Waals surface area contributed by atoms with Gasteiger partial charge in [-0.05, 0) is 83.0 Å². The molecule has 7 atom stereocenters. The SMILES string of the molecule is O=C(OC1CCC(S(=O)OC2CCC(OOCC3CCCC([N+](=O)[O-])C3COO)CC2)CC1)C1CCCC([N+](=O)[O-])C1C(=O)O. The van der Waals surface area contributed by atoms with E-state index in [0.717, 1.165) is 0 Å². The molecule has 7 unspecified atom stereocenters. The minimum atomic E-state index is -1.54. The first kappa shape index (κ1) is 35.5. The molecule has 4 fully saturated rings. The van der Waals surface area contributed by atoms with Gasteiger partial charge in [-0.25, -0.2) is 18.9 Å². The second-order valence-corrected chi connectivity index (χ2v) is 14.1. The van der Waals surface area contributed by atoms with Gasteiger partial charge in [-0.1, -0.05) is 0 Å². The van der Waals surface area contributed by atoms with Gasteiger partial charge in [-0.3, -0.25) is 39.3 Å². The Kier molecular flexibility index (Phi) is 13.4. The smallest absolute Gasteiger partial charge is 0.314 e. The summed E-state index contributed by atoms with van der Waals surface area (Å²) in [5.74, 6) is -5.18. The summed E-state index contributed by atoms with van der Waals surface area (Å²) in [6.07, 6.45) is 6.12. The normalized spacial score (nSPS) is 36.5. The van der Waals surface area contributed by atoms with Gasteiger partial charge in [0.15, 0.2) is 11.1 Å². The highest BCUT2D eigenvalue weighted by atomic mass is 32.2. The Labute approximate surface area is 263 Å². The number of nitro groups is 2. The average molecular weight is 665 g/mol. The molecule has 0 saturated heterocycles. The van der Waals surface area contributed by atoms with E-state index in [1.165, 1.54) is 0 Å². The molecule has 0 aromatic heterocycles. The van der Waals surface area contributed by atoms with E-state index in [2.05, 4.69) is 4.89 Å². The van der Waals surface area contributed by atoms with Gasteiger partial charge in [-0.15, -0.1) is 0 Å². The molecule has 256 valence electrons. The lowest BCUT2D eigenvalue weighted by Crippen LogP contribution is -2.46. The Morgan fingerprint density at radius 2 is 1.38 bits per heavy atom. The van der Waals surface area contributed by atoms with Gasteiger partial charge in [-0.2, -0.15) is 0 Å². The van der Waals surface area contributed by atoms with Crippen LogP contribution in [-0.4, -0.2) is 85.2 Å². The van der Waals surface area contributed by atoms with Crippen LogP contribution in [0.4, 0.5) is 0 Å². The van der Waals surface area contributed by atoms with Crippen LogP contribution in [0.3, 0.4) is 0 Å². The number of ether oxygens (including phenoxy) is 1. The Balaban J connectivity index is 1.13. The number of carbonyl (C=O) groups excluding carboxylic acids is 1. The third-order valence-corrected chi connectivity index (χ3v) is 11.4. The largest absolute Gasteiger partial charge is 0.481 e. The van der Waals surface area contributed by atoms with E-state index < -0.39 is 63.9 Å². The molecule has 0 amide bonds. The predicted molar refractivity (Wildman–Crippen MR) is 154 cm³/mol. The average Bonchev–Trinajstić information content (AvgIpc) is 3.02. The van der Waals surface area contributed by atoms with E-state index in [-0.39, 0.29) is 54.4 Å². The first-order valence-corrected chi connectivity index (χ1v) is 17.0. The predicted octanol–water partition coefficient (Wildman–Crippen LogP) is 3.48. The fraction of sp³-hybridized carbons (Fsp3) is 0.929. The van der Waals surface area contributed by atoms with Crippen LogP contribution in [0.15, 0.2) is 0 Å². The molecular formula is C28H44N2O14S. The maximum Gasteiger partial charge on any atom is 0.314 e. The van der Waals surface area contributed by atoms with Crippen molar-refractivity contribution in [3.63, 3.8) is 0 Å². The highest BCUT2D eigenvalue weighted by molar-refractivity contribution is 7.80. The Bertz CT molecular complexity index is 1050. The lowest BCUT2D eigenvalue weighted by molar-refractivity contribution is -0.541. The number of nitrogens with zero attached hydrogens (tertiary/aromatic N) is 2. The van der Waals surface area contributed by atoms with Crippen molar-refractivity contribution in [3.8, 4) is 0 Å². The zero-order chi connectivity index (χ0) is 32.5. The van der Waals surface area contributed by atoms with E-state index in [1.54, 1.807) is 0 Å². The number of carbonyl (C=O) groups is 2. The molecule has 0 heterocycles. The number of rotatable bonds is 14. The molecule has 2 N–H and O–H groups in total. The molecular weight excluding hydrogens is 620 g/mol. The minimum absolute atomic E-state index is 0.115. The van der Waals surface area contributed by atoms with Crippen molar-refractivity contribution in [1.82, 2.24) is 0 Å².